The Morgan fingerprint density at radius 3 is 2.53 bits per heavy atom. The highest BCUT2D eigenvalue weighted by Crippen LogP contribution is 2.32. The first-order chi connectivity index (χ1) is 7.15. The van der Waals surface area contributed by atoms with Gasteiger partial charge in [-0.05, 0) is 18.8 Å². The lowest BCUT2D eigenvalue weighted by molar-refractivity contribution is -0.143. The monoisotopic (exact) mass is 214 g/mol. The van der Waals surface area contributed by atoms with Crippen LogP contribution in [0.4, 0.5) is 0 Å². The van der Waals surface area contributed by atoms with Crippen LogP contribution in [-0.2, 0) is 14.3 Å². The van der Waals surface area contributed by atoms with E-state index >= 15 is 0 Å². The number of esters is 1. The van der Waals surface area contributed by atoms with Gasteiger partial charge in [-0.1, -0.05) is 0 Å². The molecule has 1 saturated carbocycles. The van der Waals surface area contributed by atoms with Crippen LogP contribution in [0.5, 0.6) is 0 Å². The molecular formula is C10H18N2O3. The van der Waals surface area contributed by atoms with Gasteiger partial charge in [0.1, 0.15) is 6.04 Å². The predicted octanol–water partition coefficient (Wildman–Crippen LogP) is -0.336. The Morgan fingerprint density at radius 1 is 1.40 bits per heavy atom. The van der Waals surface area contributed by atoms with Gasteiger partial charge in [-0.2, -0.15) is 0 Å². The van der Waals surface area contributed by atoms with Crippen molar-refractivity contribution < 1.29 is 14.3 Å². The molecule has 1 rings (SSSR count). The molecule has 1 unspecified atom stereocenters. The maximum absolute atomic E-state index is 11.3. The fraction of sp³-hybridized carbons (Fsp3) is 0.800. The molecule has 0 spiro atoms. The molecule has 0 saturated heterocycles. The minimum atomic E-state index is -0.208. The Hall–Kier alpha value is -1.10. The molecule has 1 aliphatic carbocycles. The van der Waals surface area contributed by atoms with Crippen LogP contribution in [-0.4, -0.2) is 38.1 Å². The average Bonchev–Trinajstić information content (AvgIpc) is 3.00. The van der Waals surface area contributed by atoms with Crippen molar-refractivity contribution in [1.29, 1.82) is 0 Å². The number of methoxy groups -OCH3 is 1. The van der Waals surface area contributed by atoms with Crippen molar-refractivity contribution in [1.82, 2.24) is 10.6 Å². The Kier molecular flexibility index (Phi) is 4.55. The van der Waals surface area contributed by atoms with Gasteiger partial charge < -0.3 is 15.4 Å². The molecule has 0 aliphatic heterocycles. The summed E-state index contributed by atoms with van der Waals surface area (Å²) in [7, 11) is 1.40. The molecule has 1 atom stereocenters. The van der Waals surface area contributed by atoms with Crippen molar-refractivity contribution in [3.8, 4) is 0 Å². The number of ether oxygens (including phenoxy) is 1. The lowest BCUT2D eigenvalue weighted by Crippen LogP contribution is -2.43. The van der Waals surface area contributed by atoms with E-state index in [1.807, 2.05) is 0 Å². The van der Waals surface area contributed by atoms with Gasteiger partial charge in [0.25, 0.3) is 0 Å². The second-order valence-electron chi connectivity index (χ2n) is 3.78. The standard InChI is InChI=1S/C10H18N2O3/c1-7(13)11-5-6-12-9(8-3-4-8)10(14)15-2/h8-9,12H,3-6H2,1-2H3,(H,11,13). The van der Waals surface area contributed by atoms with Crippen LogP contribution >= 0.6 is 0 Å². The summed E-state index contributed by atoms with van der Waals surface area (Å²) in [5.41, 5.74) is 0. The number of nitrogens with one attached hydrogen (secondary N) is 2. The smallest absolute Gasteiger partial charge is 0.323 e. The summed E-state index contributed by atoms with van der Waals surface area (Å²) >= 11 is 0. The van der Waals surface area contributed by atoms with Gasteiger partial charge in [-0.15, -0.1) is 0 Å². The van der Waals surface area contributed by atoms with E-state index in [-0.39, 0.29) is 17.9 Å². The molecule has 0 heterocycles. The highest BCUT2D eigenvalue weighted by Gasteiger charge is 2.36. The van der Waals surface area contributed by atoms with E-state index in [1.165, 1.54) is 14.0 Å². The van der Waals surface area contributed by atoms with Crippen molar-refractivity contribution in [2.75, 3.05) is 20.2 Å². The maximum atomic E-state index is 11.3. The molecule has 15 heavy (non-hydrogen) atoms. The van der Waals surface area contributed by atoms with Crippen molar-refractivity contribution in [3.63, 3.8) is 0 Å². The lowest BCUT2D eigenvalue weighted by Gasteiger charge is -2.15. The van der Waals surface area contributed by atoms with E-state index in [4.69, 9.17) is 4.74 Å². The van der Waals surface area contributed by atoms with Crippen LogP contribution in [0.2, 0.25) is 0 Å². The zero-order chi connectivity index (χ0) is 11.3. The van der Waals surface area contributed by atoms with Crippen molar-refractivity contribution in [2.24, 2.45) is 5.92 Å². The molecule has 1 aliphatic rings. The third-order valence-electron chi connectivity index (χ3n) is 2.41. The largest absolute Gasteiger partial charge is 0.468 e. The maximum Gasteiger partial charge on any atom is 0.323 e. The quantitative estimate of drug-likeness (QED) is 0.469. The minimum Gasteiger partial charge on any atom is -0.468 e. The third kappa shape index (κ3) is 4.29. The number of rotatable bonds is 6. The lowest BCUT2D eigenvalue weighted by atomic mass is 10.2. The fourth-order valence-electron chi connectivity index (χ4n) is 1.47. The van der Waals surface area contributed by atoms with E-state index in [1.54, 1.807) is 0 Å². The summed E-state index contributed by atoms with van der Waals surface area (Å²) in [6.07, 6.45) is 2.15. The van der Waals surface area contributed by atoms with Crippen LogP contribution in [0, 0.1) is 5.92 Å². The Balaban J connectivity index is 2.20. The number of carbonyl (C=O) groups is 2. The first-order valence-corrected chi connectivity index (χ1v) is 5.20. The van der Waals surface area contributed by atoms with Gasteiger partial charge >= 0.3 is 5.97 Å². The predicted molar refractivity (Wildman–Crippen MR) is 55.2 cm³/mol. The number of hydrogen-bond acceptors (Lipinski definition) is 4. The normalized spacial score (nSPS) is 16.9. The van der Waals surface area contributed by atoms with Crippen LogP contribution in [0.1, 0.15) is 19.8 Å². The van der Waals surface area contributed by atoms with E-state index in [2.05, 4.69) is 10.6 Å². The van der Waals surface area contributed by atoms with Crippen LogP contribution < -0.4 is 10.6 Å². The molecule has 0 bridgehead atoms. The minimum absolute atomic E-state index is 0.0576. The van der Waals surface area contributed by atoms with E-state index in [9.17, 15) is 9.59 Å². The van der Waals surface area contributed by atoms with Gasteiger partial charge in [0, 0.05) is 20.0 Å². The van der Waals surface area contributed by atoms with Crippen molar-refractivity contribution >= 4 is 11.9 Å². The molecular weight excluding hydrogens is 196 g/mol. The highest BCUT2D eigenvalue weighted by atomic mass is 16.5. The summed E-state index contributed by atoms with van der Waals surface area (Å²) in [6, 6.07) is -0.205. The molecule has 0 radical (unpaired) electrons. The Bertz CT molecular complexity index is 239. The topological polar surface area (TPSA) is 67.4 Å². The second kappa shape index (κ2) is 5.70. The molecule has 5 heteroatoms. The molecule has 2 N–H and O–H groups in total. The SMILES string of the molecule is COC(=O)C(NCCNC(C)=O)C1CC1. The van der Waals surface area contributed by atoms with Gasteiger partial charge in [-0.25, -0.2) is 0 Å². The molecule has 86 valence electrons. The van der Waals surface area contributed by atoms with Gasteiger partial charge in [0.2, 0.25) is 5.91 Å². The van der Waals surface area contributed by atoms with Crippen LogP contribution in [0.3, 0.4) is 0 Å². The summed E-state index contributed by atoms with van der Waals surface area (Å²) in [5.74, 6) is 0.146. The first-order valence-electron chi connectivity index (χ1n) is 5.20. The van der Waals surface area contributed by atoms with E-state index in [0.29, 0.717) is 19.0 Å². The first kappa shape index (κ1) is 12.0. The fourth-order valence-corrected chi connectivity index (χ4v) is 1.47. The van der Waals surface area contributed by atoms with Gasteiger partial charge in [0.05, 0.1) is 7.11 Å². The summed E-state index contributed by atoms with van der Waals surface area (Å²) in [4.78, 5) is 21.9. The Morgan fingerprint density at radius 2 is 2.07 bits per heavy atom. The van der Waals surface area contributed by atoms with Gasteiger partial charge in [0.15, 0.2) is 0 Å². The van der Waals surface area contributed by atoms with Crippen LogP contribution in [0.15, 0.2) is 0 Å². The molecule has 1 amide bonds. The summed E-state index contributed by atoms with van der Waals surface area (Å²) < 4.78 is 4.70. The molecule has 0 aromatic carbocycles. The van der Waals surface area contributed by atoms with Crippen molar-refractivity contribution in [2.45, 2.75) is 25.8 Å². The third-order valence-corrected chi connectivity index (χ3v) is 2.41. The zero-order valence-corrected chi connectivity index (χ0v) is 9.21. The molecule has 0 aromatic rings. The number of amides is 1. The zero-order valence-electron chi connectivity index (χ0n) is 9.21. The van der Waals surface area contributed by atoms with Gasteiger partial charge in [-0.3, -0.25) is 9.59 Å². The number of carbonyl (C=O) groups excluding carboxylic acids is 2. The van der Waals surface area contributed by atoms with Crippen LogP contribution in [0.25, 0.3) is 0 Å². The molecule has 5 nitrogen and oxygen atoms in total. The second-order valence-corrected chi connectivity index (χ2v) is 3.78. The summed E-state index contributed by atoms with van der Waals surface area (Å²) in [5, 5.41) is 5.76. The Labute approximate surface area is 89.6 Å². The van der Waals surface area contributed by atoms with E-state index < -0.39 is 0 Å². The van der Waals surface area contributed by atoms with Crippen molar-refractivity contribution in [3.05, 3.63) is 0 Å². The average molecular weight is 214 g/mol. The molecule has 0 aromatic heterocycles. The van der Waals surface area contributed by atoms with E-state index in [0.717, 1.165) is 12.8 Å². The summed E-state index contributed by atoms with van der Waals surface area (Å²) in [6.45, 7) is 2.60. The molecule has 1 fully saturated rings. The number of hydrogen-bond donors (Lipinski definition) is 2. The highest BCUT2D eigenvalue weighted by molar-refractivity contribution is 5.76.